The van der Waals surface area contributed by atoms with Crippen LogP contribution in [0.5, 0.6) is 0 Å². The van der Waals surface area contributed by atoms with Crippen LogP contribution in [0.15, 0.2) is 30.3 Å². The molecule has 0 amide bonds. The summed E-state index contributed by atoms with van der Waals surface area (Å²) in [6.45, 7) is 1.00. The van der Waals surface area contributed by atoms with Gasteiger partial charge >= 0.3 is 88.8 Å². The molecule has 2 aromatic rings. The first kappa shape index (κ1) is 19.8. The maximum atomic E-state index is 4.49. The summed E-state index contributed by atoms with van der Waals surface area (Å²) in [5, 5.41) is 4.49. The van der Waals surface area contributed by atoms with Crippen molar-refractivity contribution in [2.24, 2.45) is 7.05 Å². The van der Waals surface area contributed by atoms with Crippen molar-refractivity contribution in [2.45, 2.75) is 44.6 Å². The first-order valence-electron chi connectivity index (χ1n) is 7.78. The zero-order chi connectivity index (χ0) is 16.7. The summed E-state index contributed by atoms with van der Waals surface area (Å²) in [6.07, 6.45) is 6.76. The normalized spacial score (nSPS) is 15.4. The van der Waals surface area contributed by atoms with Crippen LogP contribution in [-0.4, -0.2) is 16.1 Å². The number of halogens is 2. The van der Waals surface area contributed by atoms with Crippen molar-refractivity contribution in [1.29, 1.82) is 0 Å². The summed E-state index contributed by atoms with van der Waals surface area (Å²) < 4.78 is 5.15. The minimum absolute atomic E-state index is 0.684. The predicted octanol–water partition coefficient (Wildman–Crippen LogP) is 5.06. The van der Waals surface area contributed by atoms with Gasteiger partial charge in [-0.25, -0.2) is 0 Å². The van der Waals surface area contributed by atoms with Gasteiger partial charge < -0.3 is 0 Å². The first-order valence-corrected chi connectivity index (χ1v) is 10.8. The van der Waals surface area contributed by atoms with E-state index in [9.17, 15) is 0 Å². The van der Waals surface area contributed by atoms with Crippen LogP contribution in [0.4, 0.5) is 0 Å². The molecule has 3 rings (SSSR count). The van der Waals surface area contributed by atoms with Gasteiger partial charge in [-0.1, -0.05) is 30.3 Å². The molecule has 1 N–H and O–H groups in total. The number of hydrogen-bond donors (Lipinski definition) is 1. The Hall–Kier alpha value is 0.468. The Bertz CT molecular complexity index is 633. The maximum absolute atomic E-state index is 4.49. The number of aryl methyl sites for hydroxylation is 1. The Labute approximate surface area is 176 Å². The van der Waals surface area contributed by atoms with Crippen molar-refractivity contribution in [3.05, 3.63) is 45.5 Å². The number of aromatic amines is 1. The molecule has 23 heavy (non-hydrogen) atoms. The molecule has 1 aromatic carbocycles. The summed E-state index contributed by atoms with van der Waals surface area (Å²) >= 11 is 6.80. The quantitative estimate of drug-likeness (QED) is 0.356. The fraction of sp³-hybridized carbons (Fsp3) is 0.500. The van der Waals surface area contributed by atoms with Gasteiger partial charge in [-0.3, -0.25) is 0 Å². The van der Waals surface area contributed by atoms with Crippen LogP contribution in [0, 0.1) is 3.80 Å². The Kier molecular flexibility index (Phi) is 9.00. The van der Waals surface area contributed by atoms with Crippen molar-refractivity contribution in [1.82, 2.24) is 16.1 Å². The molecule has 0 spiro atoms. The minimum atomic E-state index is 0.684. The molecule has 1 saturated carbocycles. The molecule has 4 nitrogen and oxygen atoms in total. The third kappa shape index (κ3) is 7.08. The second-order valence-corrected chi connectivity index (χ2v) is 10.9. The molecule has 7 heteroatoms. The second kappa shape index (κ2) is 10.5. The standard InChI is InChI=1S/C9H15N3.C7H7I2N.Pt/c1-12-7-10-9(11-12)8-5-3-2-4-6-8;8-10(9)6-7-4-2-1-3-5-7;/h8H,2-6H2,1H3,(H,10,11);1-5H,6H2;. The van der Waals surface area contributed by atoms with E-state index in [1.54, 1.807) is 0 Å². The van der Waals surface area contributed by atoms with Gasteiger partial charge in [-0.2, -0.15) is 1.33 Å². The second-order valence-electron chi connectivity index (χ2n) is 5.68. The van der Waals surface area contributed by atoms with Gasteiger partial charge in [0.15, 0.2) is 0 Å². The van der Waals surface area contributed by atoms with Crippen molar-refractivity contribution >= 4 is 45.7 Å². The van der Waals surface area contributed by atoms with Crippen LogP contribution >= 0.6 is 45.7 Å². The first-order chi connectivity index (χ1) is 11.1. The van der Waals surface area contributed by atoms with Gasteiger partial charge in [0.2, 0.25) is 0 Å². The van der Waals surface area contributed by atoms with Crippen molar-refractivity contribution in [3.63, 3.8) is 0 Å². The SMILES string of the molecule is Cn1nc(C2CCCCC2)[nH][c]1=[Pt].IN(I)Cc1ccccc1. The van der Waals surface area contributed by atoms with E-state index in [2.05, 4.69) is 101 Å². The number of H-pyrrole nitrogens is 1. The Morgan fingerprint density at radius 3 is 2.39 bits per heavy atom. The van der Waals surface area contributed by atoms with Crippen LogP contribution in [0.2, 0.25) is 0 Å². The average molecular weight is 719 g/mol. The molecule has 0 radical (unpaired) electrons. The van der Waals surface area contributed by atoms with E-state index in [-0.39, 0.29) is 0 Å². The van der Waals surface area contributed by atoms with Crippen molar-refractivity contribution in [2.75, 3.05) is 0 Å². The predicted molar refractivity (Wildman–Crippen MR) is 107 cm³/mol. The van der Waals surface area contributed by atoms with Gasteiger partial charge in [0.25, 0.3) is 0 Å². The Balaban J connectivity index is 0.000000174. The van der Waals surface area contributed by atoms with E-state index in [0.717, 1.165) is 10.3 Å². The Morgan fingerprint density at radius 2 is 1.87 bits per heavy atom. The molecule has 0 saturated heterocycles. The molecule has 0 unspecified atom stereocenters. The molecule has 1 heterocycles. The zero-order valence-electron chi connectivity index (χ0n) is 13.1. The van der Waals surface area contributed by atoms with Gasteiger partial charge in [0.05, 0.1) is 0 Å². The molecule has 1 aromatic heterocycles. The molecule has 0 atom stereocenters. The van der Waals surface area contributed by atoms with Gasteiger partial charge in [0, 0.05) is 52.3 Å². The molecular weight excluding hydrogens is 697 g/mol. The average Bonchev–Trinajstić information content (AvgIpc) is 2.89. The largest absolute Gasteiger partial charge is 0.184 e. The zero-order valence-corrected chi connectivity index (χ0v) is 19.7. The molecule has 0 aliphatic heterocycles. The maximum Gasteiger partial charge on any atom is 0.0435 e. The van der Waals surface area contributed by atoms with E-state index in [0.29, 0.717) is 5.92 Å². The smallest absolute Gasteiger partial charge is 0.0435 e. The molecule has 1 fully saturated rings. The summed E-state index contributed by atoms with van der Waals surface area (Å²) in [4.78, 5) is 3.35. The number of rotatable bonds is 3. The van der Waals surface area contributed by atoms with Crippen LogP contribution in [0.3, 0.4) is 0 Å². The number of hydrogen-bond acceptors (Lipinski definition) is 2. The Morgan fingerprint density at radius 1 is 1.22 bits per heavy atom. The monoisotopic (exact) mass is 719 g/mol. The van der Waals surface area contributed by atoms with Gasteiger partial charge in [0.1, 0.15) is 0 Å². The topological polar surface area (TPSA) is 36.9 Å². The molecule has 1 aliphatic rings. The van der Waals surface area contributed by atoms with E-state index < -0.39 is 0 Å². The summed E-state index contributed by atoms with van der Waals surface area (Å²) in [7, 11) is 1.99. The fourth-order valence-corrected chi connectivity index (χ4v) is 3.88. The third-order valence-corrected chi connectivity index (χ3v) is 5.58. The summed E-state index contributed by atoms with van der Waals surface area (Å²) in [6, 6.07) is 10.4. The molecule has 1 aliphatic carbocycles. The van der Waals surface area contributed by atoms with Crippen molar-refractivity contribution in [3.8, 4) is 0 Å². The van der Waals surface area contributed by atoms with Crippen LogP contribution in [0.1, 0.15) is 49.4 Å². The molecule has 130 valence electrons. The van der Waals surface area contributed by atoms with Crippen LogP contribution in [0.25, 0.3) is 0 Å². The van der Waals surface area contributed by atoms with Crippen molar-refractivity contribution < 1.29 is 19.4 Å². The van der Waals surface area contributed by atoms with Crippen LogP contribution in [-0.2, 0) is 32.9 Å². The van der Waals surface area contributed by atoms with Gasteiger partial charge in [-0.15, -0.1) is 0 Å². The fourth-order valence-electron chi connectivity index (χ4n) is 2.69. The van der Waals surface area contributed by atoms with E-state index in [1.165, 1.54) is 43.5 Å². The van der Waals surface area contributed by atoms with Gasteiger partial charge in [-0.05, 0) is 5.56 Å². The van der Waals surface area contributed by atoms with Crippen LogP contribution < -0.4 is 0 Å². The minimum Gasteiger partial charge on any atom is -0.184 e. The number of aromatic nitrogens is 3. The summed E-state index contributed by atoms with van der Waals surface area (Å²) in [5.74, 6) is 1.87. The van der Waals surface area contributed by atoms with E-state index in [1.807, 2.05) is 17.8 Å². The molecular formula is C16H22I2N4Pt. The molecule has 0 bridgehead atoms. The summed E-state index contributed by atoms with van der Waals surface area (Å²) in [5.41, 5.74) is 1.35. The number of nitrogens with zero attached hydrogens (tertiary/aromatic N) is 3. The number of nitrogens with one attached hydrogen (secondary N) is 1. The van der Waals surface area contributed by atoms with E-state index in [4.69, 9.17) is 0 Å². The number of benzene rings is 1. The third-order valence-electron chi connectivity index (χ3n) is 3.88. The van der Waals surface area contributed by atoms with E-state index >= 15 is 0 Å².